The van der Waals surface area contributed by atoms with Gasteiger partial charge in [0.25, 0.3) is 0 Å². The summed E-state index contributed by atoms with van der Waals surface area (Å²) in [4.78, 5) is 24.5. The standard InChI is InChI=1S/C21H26ClN3O2/c1-13-7-5-8-14(2)20(13)25-19(26)12-23-21(27)16(4)24-15(3)17-9-6-10-18(22)11-17/h5-11,15-16,24H,12H2,1-4H3,(H,23,27)(H,25,26)/t15-,16+/m0/s1. The summed E-state index contributed by atoms with van der Waals surface area (Å²) in [5, 5.41) is 9.39. The van der Waals surface area contributed by atoms with Crippen molar-refractivity contribution in [2.24, 2.45) is 0 Å². The maximum absolute atomic E-state index is 12.3. The maximum atomic E-state index is 12.3. The lowest BCUT2D eigenvalue weighted by Crippen LogP contribution is -2.45. The van der Waals surface area contributed by atoms with Crippen molar-refractivity contribution in [3.8, 4) is 0 Å². The first kappa shape index (κ1) is 20.9. The Labute approximate surface area is 165 Å². The van der Waals surface area contributed by atoms with Gasteiger partial charge in [-0.1, -0.05) is 41.9 Å². The molecule has 3 N–H and O–H groups in total. The third kappa shape index (κ3) is 6.08. The van der Waals surface area contributed by atoms with Gasteiger partial charge in [-0.3, -0.25) is 14.9 Å². The number of nitrogens with one attached hydrogen (secondary N) is 3. The highest BCUT2D eigenvalue weighted by Crippen LogP contribution is 2.19. The van der Waals surface area contributed by atoms with Crippen LogP contribution in [0.5, 0.6) is 0 Å². The molecule has 0 unspecified atom stereocenters. The summed E-state index contributed by atoms with van der Waals surface area (Å²) in [7, 11) is 0. The summed E-state index contributed by atoms with van der Waals surface area (Å²) in [6.07, 6.45) is 0. The fourth-order valence-corrected chi connectivity index (χ4v) is 3.04. The van der Waals surface area contributed by atoms with Crippen LogP contribution >= 0.6 is 11.6 Å². The molecule has 0 saturated carbocycles. The van der Waals surface area contributed by atoms with E-state index >= 15 is 0 Å². The molecule has 5 nitrogen and oxygen atoms in total. The monoisotopic (exact) mass is 387 g/mol. The highest BCUT2D eigenvalue weighted by molar-refractivity contribution is 6.30. The van der Waals surface area contributed by atoms with Crippen LogP contribution in [-0.4, -0.2) is 24.4 Å². The fourth-order valence-electron chi connectivity index (χ4n) is 2.84. The molecule has 0 saturated heterocycles. The van der Waals surface area contributed by atoms with Crippen LogP contribution in [-0.2, 0) is 9.59 Å². The van der Waals surface area contributed by atoms with Crippen molar-refractivity contribution >= 4 is 29.1 Å². The van der Waals surface area contributed by atoms with Gasteiger partial charge in [-0.25, -0.2) is 0 Å². The normalized spacial score (nSPS) is 12.9. The first-order chi connectivity index (χ1) is 12.8. The molecule has 0 aromatic heterocycles. The number of halogens is 1. The molecule has 2 aromatic carbocycles. The van der Waals surface area contributed by atoms with Crippen LogP contribution in [0.4, 0.5) is 5.69 Å². The zero-order chi connectivity index (χ0) is 20.0. The molecule has 0 fully saturated rings. The van der Waals surface area contributed by atoms with Gasteiger partial charge < -0.3 is 10.6 Å². The van der Waals surface area contributed by atoms with Gasteiger partial charge in [0.15, 0.2) is 0 Å². The van der Waals surface area contributed by atoms with E-state index in [0.717, 1.165) is 22.4 Å². The second-order valence-electron chi connectivity index (χ2n) is 6.70. The van der Waals surface area contributed by atoms with Crippen molar-refractivity contribution < 1.29 is 9.59 Å². The number of anilines is 1. The van der Waals surface area contributed by atoms with Crippen LogP contribution in [0.25, 0.3) is 0 Å². The summed E-state index contributed by atoms with van der Waals surface area (Å²) >= 11 is 6.01. The predicted octanol–water partition coefficient (Wildman–Crippen LogP) is 3.75. The van der Waals surface area contributed by atoms with E-state index < -0.39 is 6.04 Å². The maximum Gasteiger partial charge on any atom is 0.243 e. The van der Waals surface area contributed by atoms with Gasteiger partial charge in [0, 0.05) is 16.8 Å². The summed E-state index contributed by atoms with van der Waals surface area (Å²) in [5.41, 5.74) is 3.76. The average molecular weight is 388 g/mol. The van der Waals surface area contributed by atoms with E-state index in [1.165, 1.54) is 0 Å². The Morgan fingerprint density at radius 3 is 2.30 bits per heavy atom. The number of para-hydroxylation sites is 1. The van der Waals surface area contributed by atoms with Gasteiger partial charge in [0.05, 0.1) is 12.6 Å². The first-order valence-corrected chi connectivity index (χ1v) is 9.31. The second kappa shape index (κ2) is 9.53. The van der Waals surface area contributed by atoms with Crippen molar-refractivity contribution in [1.29, 1.82) is 0 Å². The van der Waals surface area contributed by atoms with Crippen molar-refractivity contribution in [1.82, 2.24) is 10.6 Å². The summed E-state index contributed by atoms with van der Waals surface area (Å²) in [6, 6.07) is 12.8. The number of aryl methyl sites for hydroxylation is 2. The van der Waals surface area contributed by atoms with E-state index in [4.69, 9.17) is 11.6 Å². The van der Waals surface area contributed by atoms with Gasteiger partial charge in [0.2, 0.25) is 11.8 Å². The minimum Gasteiger partial charge on any atom is -0.346 e. The SMILES string of the molecule is Cc1cccc(C)c1NC(=O)CNC(=O)[C@@H](C)N[C@@H](C)c1cccc(Cl)c1. The molecule has 0 bridgehead atoms. The van der Waals surface area contributed by atoms with Crippen LogP contribution in [0.1, 0.15) is 36.6 Å². The molecule has 2 atom stereocenters. The molecule has 6 heteroatoms. The van der Waals surface area contributed by atoms with Gasteiger partial charge in [-0.05, 0) is 56.5 Å². The molecule has 27 heavy (non-hydrogen) atoms. The summed E-state index contributed by atoms with van der Waals surface area (Å²) in [6.45, 7) is 7.52. The molecule has 0 aliphatic rings. The molecule has 2 amide bonds. The van der Waals surface area contributed by atoms with Crippen molar-refractivity contribution in [2.75, 3.05) is 11.9 Å². The van der Waals surface area contributed by atoms with Crippen molar-refractivity contribution in [3.05, 3.63) is 64.2 Å². The van der Waals surface area contributed by atoms with E-state index in [-0.39, 0.29) is 24.4 Å². The number of benzene rings is 2. The van der Waals surface area contributed by atoms with Crippen molar-refractivity contribution in [2.45, 2.75) is 39.8 Å². The lowest BCUT2D eigenvalue weighted by molar-refractivity contribution is -0.125. The minimum absolute atomic E-state index is 0.0482. The fraction of sp³-hybridized carbons (Fsp3) is 0.333. The first-order valence-electron chi connectivity index (χ1n) is 8.93. The number of carbonyl (C=O) groups is 2. The van der Waals surface area contributed by atoms with Gasteiger partial charge in [-0.2, -0.15) is 0 Å². The van der Waals surface area contributed by atoms with E-state index in [1.807, 2.05) is 63.2 Å². The third-order valence-corrected chi connectivity index (χ3v) is 4.65. The zero-order valence-electron chi connectivity index (χ0n) is 16.1. The van der Waals surface area contributed by atoms with Crippen molar-refractivity contribution in [3.63, 3.8) is 0 Å². The van der Waals surface area contributed by atoms with Gasteiger partial charge in [-0.15, -0.1) is 0 Å². The molecule has 2 aromatic rings. The molecule has 0 radical (unpaired) electrons. The molecular formula is C21H26ClN3O2. The largest absolute Gasteiger partial charge is 0.346 e. The van der Waals surface area contributed by atoms with Crippen LogP contribution in [0.15, 0.2) is 42.5 Å². The smallest absolute Gasteiger partial charge is 0.243 e. The highest BCUT2D eigenvalue weighted by atomic mass is 35.5. The molecular weight excluding hydrogens is 362 g/mol. The summed E-state index contributed by atoms with van der Waals surface area (Å²) < 4.78 is 0. The van der Waals surface area contributed by atoms with E-state index in [1.54, 1.807) is 6.92 Å². The number of hydrogen-bond acceptors (Lipinski definition) is 3. The number of carbonyl (C=O) groups excluding carboxylic acids is 2. The Bertz CT molecular complexity index is 803. The van der Waals surface area contributed by atoms with Gasteiger partial charge in [0.1, 0.15) is 0 Å². The molecule has 0 heterocycles. The average Bonchev–Trinajstić information content (AvgIpc) is 2.62. The molecule has 0 aliphatic heterocycles. The Morgan fingerprint density at radius 2 is 1.67 bits per heavy atom. The Kier molecular flexibility index (Phi) is 7.39. The molecule has 2 rings (SSSR count). The van der Waals surface area contributed by atoms with E-state index in [9.17, 15) is 9.59 Å². The van der Waals surface area contributed by atoms with Crippen LogP contribution in [0.2, 0.25) is 5.02 Å². The lowest BCUT2D eigenvalue weighted by Gasteiger charge is -2.20. The molecule has 144 valence electrons. The van der Waals surface area contributed by atoms with E-state index in [0.29, 0.717) is 5.02 Å². The molecule has 0 spiro atoms. The number of rotatable bonds is 7. The second-order valence-corrected chi connectivity index (χ2v) is 7.13. The quantitative estimate of drug-likeness (QED) is 0.677. The summed E-state index contributed by atoms with van der Waals surface area (Å²) in [5.74, 6) is -0.489. The Hall–Kier alpha value is -2.37. The van der Waals surface area contributed by atoms with Crippen LogP contribution in [0.3, 0.4) is 0 Å². The highest BCUT2D eigenvalue weighted by Gasteiger charge is 2.17. The Morgan fingerprint density at radius 1 is 1.04 bits per heavy atom. The number of amides is 2. The number of hydrogen-bond donors (Lipinski definition) is 3. The van der Waals surface area contributed by atoms with Crippen LogP contribution in [0, 0.1) is 13.8 Å². The zero-order valence-corrected chi connectivity index (χ0v) is 16.9. The van der Waals surface area contributed by atoms with Crippen LogP contribution < -0.4 is 16.0 Å². The Balaban J connectivity index is 1.84. The lowest BCUT2D eigenvalue weighted by atomic mass is 10.1. The predicted molar refractivity (Wildman–Crippen MR) is 110 cm³/mol. The van der Waals surface area contributed by atoms with E-state index in [2.05, 4.69) is 16.0 Å². The third-order valence-electron chi connectivity index (χ3n) is 4.41. The minimum atomic E-state index is -0.452. The van der Waals surface area contributed by atoms with Gasteiger partial charge >= 0.3 is 0 Å². The molecule has 0 aliphatic carbocycles. The topological polar surface area (TPSA) is 70.2 Å².